The monoisotopic (exact) mass is 447 g/mol. The number of ether oxygens (including phenoxy) is 2. The fourth-order valence-electron chi connectivity index (χ4n) is 3.35. The topological polar surface area (TPSA) is 123 Å². The molecule has 0 bridgehead atoms. The summed E-state index contributed by atoms with van der Waals surface area (Å²) in [6.07, 6.45) is -0.206. The average molecular weight is 448 g/mol. The Kier molecular flexibility index (Phi) is 6.39. The number of hydrogen-bond acceptors (Lipinski definition) is 8. The van der Waals surface area contributed by atoms with Crippen molar-refractivity contribution in [1.82, 2.24) is 4.90 Å². The van der Waals surface area contributed by atoms with Crippen molar-refractivity contribution in [2.24, 2.45) is 5.73 Å². The van der Waals surface area contributed by atoms with Crippen molar-refractivity contribution in [3.8, 4) is 6.07 Å². The van der Waals surface area contributed by atoms with Crippen LogP contribution in [0, 0.1) is 11.3 Å². The number of nitrogens with two attached hydrogens (primary N) is 1. The van der Waals surface area contributed by atoms with Gasteiger partial charge >= 0.3 is 11.9 Å². The second kappa shape index (κ2) is 8.81. The number of fused-ring (bicyclic) bond motifs is 1. The smallest absolute Gasteiger partial charge is 0.337 e. The van der Waals surface area contributed by atoms with Crippen molar-refractivity contribution in [3.63, 3.8) is 0 Å². The van der Waals surface area contributed by atoms with Gasteiger partial charge in [-0.1, -0.05) is 41.6 Å². The maximum Gasteiger partial charge on any atom is 0.337 e. The first kappa shape index (κ1) is 21.7. The lowest BCUT2D eigenvalue weighted by Crippen LogP contribution is -2.38. The number of methoxy groups -OCH3 is 1. The van der Waals surface area contributed by atoms with Gasteiger partial charge in [-0.3, -0.25) is 14.5 Å². The number of carbonyl (C=O) groups excluding carboxylic acids is 3. The van der Waals surface area contributed by atoms with Crippen LogP contribution in [-0.4, -0.2) is 41.7 Å². The zero-order valence-electron chi connectivity index (χ0n) is 16.2. The van der Waals surface area contributed by atoms with Crippen molar-refractivity contribution < 1.29 is 23.9 Å². The highest BCUT2D eigenvalue weighted by Gasteiger charge is 2.49. The Balaban J connectivity index is 2.23. The maximum absolute atomic E-state index is 13.0. The largest absolute Gasteiger partial charge is 0.469 e. The lowest BCUT2D eigenvalue weighted by Gasteiger charge is -2.31. The Morgan fingerprint density at radius 1 is 1.37 bits per heavy atom. The van der Waals surface area contributed by atoms with E-state index in [-0.39, 0.29) is 35.0 Å². The molecule has 2 N–H and O–H groups in total. The Hall–Kier alpha value is -2.96. The second-order valence-electron chi connectivity index (χ2n) is 6.36. The molecule has 3 rings (SSSR count). The molecule has 1 amide bonds. The van der Waals surface area contributed by atoms with Gasteiger partial charge in [-0.2, -0.15) is 5.26 Å². The van der Waals surface area contributed by atoms with E-state index < -0.39 is 29.0 Å². The van der Waals surface area contributed by atoms with E-state index in [1.165, 1.54) is 7.11 Å². The number of rotatable bonds is 5. The average Bonchev–Trinajstić information content (AvgIpc) is 3.04. The van der Waals surface area contributed by atoms with Crippen molar-refractivity contribution in [2.75, 3.05) is 13.7 Å². The number of halogens is 1. The van der Waals surface area contributed by atoms with Gasteiger partial charge in [0.05, 0.1) is 48.3 Å². The lowest BCUT2D eigenvalue weighted by atomic mass is 9.83. The van der Waals surface area contributed by atoms with Crippen LogP contribution in [0.5, 0.6) is 0 Å². The van der Waals surface area contributed by atoms with E-state index in [9.17, 15) is 19.6 Å². The Bertz CT molecular complexity index is 1030. The van der Waals surface area contributed by atoms with Crippen LogP contribution in [-0.2, 0) is 23.9 Å². The zero-order chi connectivity index (χ0) is 22.0. The molecule has 10 heteroatoms. The van der Waals surface area contributed by atoms with Gasteiger partial charge in [0.25, 0.3) is 0 Å². The molecule has 1 aromatic rings. The molecule has 2 aliphatic rings. The van der Waals surface area contributed by atoms with E-state index in [1.807, 2.05) is 6.07 Å². The first-order valence-corrected chi connectivity index (χ1v) is 10.2. The normalized spacial score (nSPS) is 20.7. The number of nitrogens with zero attached hydrogens (tertiary/aromatic N) is 2. The molecular weight excluding hydrogens is 430 g/mol. The summed E-state index contributed by atoms with van der Waals surface area (Å²) in [7, 11) is 1.22. The Labute approximate surface area is 182 Å². The van der Waals surface area contributed by atoms with Gasteiger partial charge in [0.2, 0.25) is 5.91 Å². The highest BCUT2D eigenvalue weighted by atomic mass is 35.5. The van der Waals surface area contributed by atoms with E-state index in [4.69, 9.17) is 22.1 Å². The van der Waals surface area contributed by atoms with Crippen LogP contribution in [0.1, 0.15) is 24.8 Å². The molecule has 0 radical (unpaired) electrons. The number of carbonyl (C=O) groups is 3. The van der Waals surface area contributed by atoms with E-state index in [0.717, 1.165) is 16.7 Å². The first-order valence-electron chi connectivity index (χ1n) is 8.98. The van der Waals surface area contributed by atoms with Gasteiger partial charge in [0.1, 0.15) is 11.1 Å². The van der Waals surface area contributed by atoms with Crippen molar-refractivity contribution in [3.05, 3.63) is 56.8 Å². The number of nitriles is 1. The van der Waals surface area contributed by atoms with Crippen LogP contribution in [0.15, 0.2) is 46.3 Å². The fraction of sp³-hybridized carbons (Fsp3) is 0.300. The van der Waals surface area contributed by atoms with Crippen LogP contribution in [0.4, 0.5) is 0 Å². The number of benzene rings is 1. The van der Waals surface area contributed by atoms with Crippen LogP contribution in [0.25, 0.3) is 0 Å². The van der Waals surface area contributed by atoms with Gasteiger partial charge in [-0.05, 0) is 18.6 Å². The summed E-state index contributed by atoms with van der Waals surface area (Å²) in [5.41, 5.74) is 6.78. The molecule has 30 heavy (non-hydrogen) atoms. The van der Waals surface area contributed by atoms with Gasteiger partial charge in [-0.15, -0.1) is 0 Å². The number of thioether (sulfide) groups is 1. The molecule has 8 nitrogen and oxygen atoms in total. The summed E-state index contributed by atoms with van der Waals surface area (Å²) in [4.78, 5) is 38.8. The minimum Gasteiger partial charge on any atom is -0.469 e. The molecule has 1 aromatic carbocycles. The summed E-state index contributed by atoms with van der Waals surface area (Å²) in [5.74, 6) is -2.79. The number of amides is 1. The van der Waals surface area contributed by atoms with E-state index in [0.29, 0.717) is 10.6 Å². The maximum atomic E-state index is 13.0. The van der Waals surface area contributed by atoms with Gasteiger partial charge < -0.3 is 15.2 Å². The highest BCUT2D eigenvalue weighted by molar-refractivity contribution is 8.04. The molecule has 0 aliphatic carbocycles. The molecule has 1 fully saturated rings. The lowest BCUT2D eigenvalue weighted by molar-refractivity contribution is -0.142. The molecular formula is C20H18ClN3O5S. The second-order valence-corrected chi connectivity index (χ2v) is 7.96. The molecule has 0 saturated carbocycles. The number of allylic oxidation sites excluding steroid dienone is 1. The van der Waals surface area contributed by atoms with Crippen LogP contribution >= 0.6 is 23.4 Å². The fourth-order valence-corrected chi connectivity index (χ4v) is 4.91. The van der Waals surface area contributed by atoms with Crippen LogP contribution in [0.3, 0.4) is 0 Å². The van der Waals surface area contributed by atoms with Crippen molar-refractivity contribution in [2.45, 2.75) is 24.5 Å². The standard InChI is InChI=1S/C20H18ClN3O5S/c1-3-29-20(27)16-15(10-6-4-5-7-12(10)21)11(9-22)17(23)24-18(26)13(30-19(16)24)8-14(25)28-2/h4-7,13,15H,3,8,23H2,1-2H3/t13-,15+/m0/s1. The van der Waals surface area contributed by atoms with Crippen LogP contribution < -0.4 is 5.73 Å². The minimum absolute atomic E-state index is 0.00238. The quantitative estimate of drug-likeness (QED) is 0.682. The number of hydrogen-bond donors (Lipinski definition) is 1. The third kappa shape index (κ3) is 3.64. The SMILES string of the molecule is CCOC(=O)C1=C2S[C@@H](CC(=O)OC)C(=O)N2C(N)=C(C#N)[C@H]1c1ccccc1Cl. The molecule has 156 valence electrons. The molecule has 2 atom stereocenters. The summed E-state index contributed by atoms with van der Waals surface area (Å²) in [6.45, 7) is 1.74. The number of esters is 2. The molecule has 2 heterocycles. The van der Waals surface area contributed by atoms with Crippen LogP contribution in [0.2, 0.25) is 5.02 Å². The van der Waals surface area contributed by atoms with Crippen molar-refractivity contribution >= 4 is 41.2 Å². The molecule has 0 spiro atoms. The summed E-state index contributed by atoms with van der Waals surface area (Å²) in [6, 6.07) is 8.77. The van der Waals surface area contributed by atoms with E-state index in [1.54, 1.807) is 31.2 Å². The predicted molar refractivity (Wildman–Crippen MR) is 110 cm³/mol. The van der Waals surface area contributed by atoms with E-state index in [2.05, 4.69) is 4.74 Å². The van der Waals surface area contributed by atoms with E-state index >= 15 is 0 Å². The molecule has 0 aromatic heterocycles. The van der Waals surface area contributed by atoms with Gasteiger partial charge in [-0.25, -0.2) is 4.79 Å². The summed E-state index contributed by atoms with van der Waals surface area (Å²) < 4.78 is 9.88. The van der Waals surface area contributed by atoms with Gasteiger partial charge in [0, 0.05) is 5.02 Å². The minimum atomic E-state index is -0.911. The molecule has 1 saturated heterocycles. The molecule has 0 unspecified atom stereocenters. The highest BCUT2D eigenvalue weighted by Crippen LogP contribution is 2.50. The Morgan fingerprint density at radius 3 is 2.67 bits per heavy atom. The molecule has 2 aliphatic heterocycles. The zero-order valence-corrected chi connectivity index (χ0v) is 17.7. The summed E-state index contributed by atoms with van der Waals surface area (Å²) in [5, 5.41) is 9.56. The predicted octanol–water partition coefficient (Wildman–Crippen LogP) is 2.41. The first-order chi connectivity index (χ1) is 14.3. The van der Waals surface area contributed by atoms with Gasteiger partial charge in [0.15, 0.2) is 0 Å². The third-order valence-electron chi connectivity index (χ3n) is 4.69. The summed E-state index contributed by atoms with van der Waals surface area (Å²) >= 11 is 7.38. The third-order valence-corrected chi connectivity index (χ3v) is 6.31. The Morgan fingerprint density at radius 2 is 2.07 bits per heavy atom. The van der Waals surface area contributed by atoms with Crippen molar-refractivity contribution in [1.29, 1.82) is 5.26 Å².